The Morgan fingerprint density at radius 1 is 1.06 bits per heavy atom. The molecule has 11 heteroatoms. The van der Waals surface area contributed by atoms with Crippen molar-refractivity contribution in [2.75, 3.05) is 52.9 Å². The number of aromatic nitrogens is 2. The number of methoxy groups -OCH3 is 1. The van der Waals surface area contributed by atoms with Gasteiger partial charge in [-0.15, -0.1) is 16.7 Å². The van der Waals surface area contributed by atoms with Crippen LogP contribution in [0.25, 0.3) is 5.69 Å². The first kappa shape index (κ1) is 31.5. The van der Waals surface area contributed by atoms with Crippen LogP contribution < -0.4 is 22.2 Å². The van der Waals surface area contributed by atoms with Gasteiger partial charge in [0.15, 0.2) is 0 Å². The highest BCUT2D eigenvalue weighted by Crippen LogP contribution is 2.23. The number of anilines is 1. The third-order valence-corrected chi connectivity index (χ3v) is 5.25. The van der Waals surface area contributed by atoms with Gasteiger partial charge in [-0.2, -0.15) is 5.06 Å². The molecule has 0 saturated heterocycles. The number of hydroxylamine groups is 1. The molecule has 1 heterocycles. The Hall–Kier alpha value is -2.49. The van der Waals surface area contributed by atoms with Gasteiger partial charge in [0.1, 0.15) is 6.61 Å². The molecule has 0 aliphatic carbocycles. The fourth-order valence-electron chi connectivity index (χ4n) is 2.99. The number of alkyl halides is 1. The van der Waals surface area contributed by atoms with Crippen LogP contribution in [0, 0.1) is 0 Å². The predicted octanol–water partition coefficient (Wildman–Crippen LogP) is 2.56. The smallest absolute Gasteiger partial charge is 0.438 e. The number of benzene rings is 2. The molecule has 0 bridgehead atoms. The summed E-state index contributed by atoms with van der Waals surface area (Å²) >= 11 is 11.4. The lowest BCUT2D eigenvalue weighted by Gasteiger charge is -2.22. The summed E-state index contributed by atoms with van der Waals surface area (Å²) in [6.45, 7) is 1.37. The molecule has 0 saturated carbocycles. The van der Waals surface area contributed by atoms with E-state index in [1.165, 1.54) is 20.8 Å². The molecule has 0 spiro atoms. The second kappa shape index (κ2) is 15.6. The number of rotatable bonds is 9. The van der Waals surface area contributed by atoms with Gasteiger partial charge in [-0.05, 0) is 30.3 Å². The largest absolute Gasteiger partial charge is 1.00 e. The van der Waals surface area contributed by atoms with E-state index in [-0.39, 0.29) is 19.0 Å². The van der Waals surface area contributed by atoms with E-state index in [9.17, 15) is 4.79 Å². The minimum Gasteiger partial charge on any atom is -1.00 e. The minimum absolute atomic E-state index is 0. The molecule has 1 amide bonds. The van der Waals surface area contributed by atoms with Crippen molar-refractivity contribution in [2.45, 2.75) is 13.0 Å². The monoisotopic (exact) mass is 558 g/mol. The van der Waals surface area contributed by atoms with E-state index in [1.807, 2.05) is 24.3 Å². The molecule has 0 unspecified atom stereocenters. The Balaban J connectivity index is 0.000000625. The summed E-state index contributed by atoms with van der Waals surface area (Å²) in [5, 5.41) is 6.11. The molecule has 0 aliphatic rings. The van der Waals surface area contributed by atoms with E-state index in [0.29, 0.717) is 16.6 Å². The van der Waals surface area contributed by atoms with Crippen LogP contribution >= 0.6 is 23.2 Å². The maximum atomic E-state index is 11.9. The Bertz CT molecular complexity index is 1060. The number of hydrogen-bond acceptors (Lipinski definition) is 5. The van der Waals surface area contributed by atoms with Crippen LogP contribution in [0.4, 0.5) is 10.5 Å². The number of hydrogen-bond donors (Lipinski definition) is 0. The van der Waals surface area contributed by atoms with E-state index in [2.05, 4.69) is 26.2 Å². The summed E-state index contributed by atoms with van der Waals surface area (Å²) in [6, 6.07) is 16.3. The van der Waals surface area contributed by atoms with Crippen molar-refractivity contribution < 1.29 is 36.0 Å². The summed E-state index contributed by atoms with van der Waals surface area (Å²) < 4.78 is 13.2. The van der Waals surface area contributed by atoms with Crippen LogP contribution in [0.1, 0.15) is 12.0 Å². The third kappa shape index (κ3) is 10.2. The summed E-state index contributed by atoms with van der Waals surface area (Å²) in [7, 11) is 9.20. The zero-order valence-electron chi connectivity index (χ0n) is 21.2. The van der Waals surface area contributed by atoms with Gasteiger partial charge in [-0.25, -0.2) is 9.48 Å². The van der Waals surface area contributed by atoms with Crippen molar-refractivity contribution in [2.24, 2.45) is 0 Å². The molecular weight excluding hydrogens is 527 g/mol. The minimum atomic E-state index is -0.628. The summed E-state index contributed by atoms with van der Waals surface area (Å²) in [5.74, 6) is 1.23. The van der Waals surface area contributed by atoms with Crippen molar-refractivity contribution in [3.05, 3.63) is 71.4 Å². The number of halogens is 3. The topological polar surface area (TPSA) is 65.8 Å². The third-order valence-electron chi connectivity index (χ3n) is 4.73. The van der Waals surface area contributed by atoms with Gasteiger partial charge in [0, 0.05) is 35.2 Å². The molecule has 1 aromatic heterocycles. The Morgan fingerprint density at radius 2 is 1.72 bits per heavy atom. The highest BCUT2D eigenvalue weighted by atomic mass is 35.5. The molecule has 198 valence electrons. The number of quaternary nitrogens is 1. The average Bonchev–Trinajstić information content (AvgIpc) is 3.32. The van der Waals surface area contributed by atoms with Crippen LogP contribution in [0.5, 0.6) is 5.88 Å². The van der Waals surface area contributed by atoms with Gasteiger partial charge in [-0.1, -0.05) is 29.8 Å². The van der Waals surface area contributed by atoms with Crippen LogP contribution in [0.15, 0.2) is 60.8 Å². The maximum absolute atomic E-state index is 11.9. The fraction of sp³-hybridized carbons (Fsp3) is 0.360. The fourth-order valence-corrected chi connectivity index (χ4v) is 3.24. The Morgan fingerprint density at radius 3 is 2.28 bits per heavy atom. The van der Waals surface area contributed by atoms with Gasteiger partial charge in [0.2, 0.25) is 5.88 Å². The quantitative estimate of drug-likeness (QED) is 0.229. The molecule has 0 atom stereocenters. The molecule has 8 nitrogen and oxygen atoms in total. The van der Waals surface area contributed by atoms with E-state index in [0.717, 1.165) is 33.1 Å². The SMILES string of the molecule is COC(=O)N(OC)c1ccccc1COc1ccn(-c2ccc(Cl)cc2)n1.C[N+](C)(C)CCCCl.[Cl-]. The molecule has 3 rings (SSSR count). The van der Waals surface area contributed by atoms with Crippen molar-refractivity contribution in [1.29, 1.82) is 0 Å². The predicted molar refractivity (Wildman–Crippen MR) is 139 cm³/mol. The van der Waals surface area contributed by atoms with Gasteiger partial charge < -0.3 is 26.4 Å². The molecule has 0 aliphatic heterocycles. The van der Waals surface area contributed by atoms with E-state index >= 15 is 0 Å². The molecule has 2 aromatic carbocycles. The van der Waals surface area contributed by atoms with Gasteiger partial charge in [-0.3, -0.25) is 4.84 Å². The molecule has 36 heavy (non-hydrogen) atoms. The number of nitrogens with zero attached hydrogens (tertiary/aromatic N) is 4. The normalized spacial score (nSPS) is 10.5. The standard InChI is InChI=1S/C19H18ClN3O4.C6H15ClN.ClH/c1-25-19(24)23(26-2)17-6-4-3-5-14(17)13-27-18-11-12-22(21-18)16-9-7-15(20)8-10-16;1-8(2,3)6-4-5-7;/h3-12H,13H2,1-2H3;4-6H2,1-3H3;1H/q;+1;/p-1. The van der Waals surface area contributed by atoms with Crippen LogP contribution in [-0.2, 0) is 16.2 Å². The second-order valence-electron chi connectivity index (χ2n) is 8.50. The number of ether oxygens (including phenoxy) is 2. The number of carbonyl (C=O) groups is 1. The molecule has 0 N–H and O–H groups in total. The Labute approximate surface area is 229 Å². The van der Waals surface area contributed by atoms with Gasteiger partial charge >= 0.3 is 6.09 Å². The lowest BCUT2D eigenvalue weighted by Crippen LogP contribution is -3.00. The lowest BCUT2D eigenvalue weighted by atomic mass is 10.2. The molecule has 3 aromatic rings. The van der Waals surface area contributed by atoms with Gasteiger partial charge in [0.25, 0.3) is 0 Å². The van der Waals surface area contributed by atoms with Crippen molar-refractivity contribution in [3.63, 3.8) is 0 Å². The molecule has 0 radical (unpaired) electrons. The van der Waals surface area contributed by atoms with Crippen molar-refractivity contribution >= 4 is 35.0 Å². The van der Waals surface area contributed by atoms with Crippen molar-refractivity contribution in [1.82, 2.24) is 9.78 Å². The second-order valence-corrected chi connectivity index (χ2v) is 9.31. The first-order valence-corrected chi connectivity index (χ1v) is 11.9. The zero-order chi connectivity index (χ0) is 25.8. The maximum Gasteiger partial charge on any atom is 0.438 e. The first-order valence-electron chi connectivity index (χ1n) is 11.0. The van der Waals surface area contributed by atoms with E-state index < -0.39 is 6.09 Å². The van der Waals surface area contributed by atoms with Crippen molar-refractivity contribution in [3.8, 4) is 11.6 Å². The number of carbonyl (C=O) groups excluding carboxylic acids is 1. The summed E-state index contributed by atoms with van der Waals surface area (Å²) in [5.41, 5.74) is 2.14. The van der Waals surface area contributed by atoms with E-state index in [1.54, 1.807) is 41.2 Å². The highest BCUT2D eigenvalue weighted by molar-refractivity contribution is 6.30. The van der Waals surface area contributed by atoms with Crippen LogP contribution in [0.2, 0.25) is 5.02 Å². The Kier molecular flexibility index (Phi) is 13.7. The average molecular weight is 560 g/mol. The summed E-state index contributed by atoms with van der Waals surface area (Å²) in [4.78, 5) is 17.0. The van der Waals surface area contributed by atoms with Gasteiger partial charge in [0.05, 0.1) is 53.3 Å². The van der Waals surface area contributed by atoms with Crippen LogP contribution in [-0.4, -0.2) is 68.1 Å². The number of para-hydroxylation sites is 1. The highest BCUT2D eigenvalue weighted by Gasteiger charge is 2.19. The number of amides is 1. The molecular formula is C25H33Cl3N4O4. The molecule has 0 fully saturated rings. The first-order chi connectivity index (χ1) is 16.7. The zero-order valence-corrected chi connectivity index (χ0v) is 23.4. The van der Waals surface area contributed by atoms with E-state index in [4.69, 9.17) is 37.5 Å². The summed E-state index contributed by atoms with van der Waals surface area (Å²) in [6.07, 6.45) is 2.28. The van der Waals surface area contributed by atoms with Crippen LogP contribution in [0.3, 0.4) is 0 Å². The lowest BCUT2D eigenvalue weighted by molar-refractivity contribution is -0.870.